The molecule has 0 aromatic carbocycles. The highest BCUT2D eigenvalue weighted by Gasteiger charge is 2.24. The van der Waals surface area contributed by atoms with E-state index in [1.807, 2.05) is 0 Å². The molecule has 0 spiro atoms. The van der Waals surface area contributed by atoms with Crippen LogP contribution in [0.3, 0.4) is 0 Å². The zero-order valence-electron chi connectivity index (χ0n) is 8.89. The Kier molecular flexibility index (Phi) is 4.28. The predicted octanol–water partition coefficient (Wildman–Crippen LogP) is -0.502. The Labute approximate surface area is 94.2 Å². The van der Waals surface area contributed by atoms with Gasteiger partial charge in [-0.3, -0.25) is 9.59 Å². The van der Waals surface area contributed by atoms with E-state index in [4.69, 9.17) is 5.11 Å². The number of sulfone groups is 1. The zero-order chi connectivity index (χ0) is 12.2. The monoisotopic (exact) mass is 249 g/mol. The molecule has 0 saturated carbocycles. The van der Waals surface area contributed by atoms with Crippen molar-refractivity contribution in [1.29, 1.82) is 0 Å². The Morgan fingerprint density at radius 2 is 1.62 bits per heavy atom. The first-order valence-electron chi connectivity index (χ1n) is 5.11. The van der Waals surface area contributed by atoms with Crippen molar-refractivity contribution >= 4 is 21.7 Å². The van der Waals surface area contributed by atoms with Gasteiger partial charge >= 0.3 is 5.97 Å². The Morgan fingerprint density at radius 3 is 2.12 bits per heavy atom. The van der Waals surface area contributed by atoms with Crippen molar-refractivity contribution in [2.45, 2.75) is 19.3 Å². The first-order chi connectivity index (χ1) is 7.41. The van der Waals surface area contributed by atoms with E-state index in [1.54, 1.807) is 0 Å². The summed E-state index contributed by atoms with van der Waals surface area (Å²) in [4.78, 5) is 23.3. The maximum atomic E-state index is 11.5. The highest BCUT2D eigenvalue weighted by Crippen LogP contribution is 2.09. The van der Waals surface area contributed by atoms with Gasteiger partial charge in [0.25, 0.3) is 0 Å². The minimum atomic E-state index is -3.82. The molecular weight excluding hydrogens is 234 g/mol. The maximum absolute atomic E-state index is 11.5. The normalized spacial score (nSPS) is 17.1. The van der Waals surface area contributed by atoms with Crippen LogP contribution in [0.4, 0.5) is 0 Å². The lowest BCUT2D eigenvalue weighted by molar-refractivity contribution is -0.134. The summed E-state index contributed by atoms with van der Waals surface area (Å²) in [5.41, 5.74) is 0. The van der Waals surface area contributed by atoms with Crippen molar-refractivity contribution in [2.75, 3.05) is 24.6 Å². The standard InChI is InChI=1S/C9H15NO5S/c11-8(10-4-2-1-3-5-10)6-16(14,15)7-9(12)13/h1-7H2,(H,12,13). The molecule has 0 aromatic rings. The molecular formula is C9H15NO5S. The van der Waals surface area contributed by atoms with Crippen LogP contribution in [0, 0.1) is 0 Å². The molecule has 7 heteroatoms. The lowest BCUT2D eigenvalue weighted by Gasteiger charge is -2.26. The van der Waals surface area contributed by atoms with Crippen LogP contribution in [-0.2, 0) is 19.4 Å². The molecule has 0 radical (unpaired) electrons. The fourth-order valence-corrected chi connectivity index (χ4v) is 2.70. The summed E-state index contributed by atoms with van der Waals surface area (Å²) in [7, 11) is -3.82. The first kappa shape index (κ1) is 13.0. The van der Waals surface area contributed by atoms with E-state index in [9.17, 15) is 18.0 Å². The molecule has 1 heterocycles. The van der Waals surface area contributed by atoms with Gasteiger partial charge in [-0.2, -0.15) is 0 Å². The predicted molar refractivity (Wildman–Crippen MR) is 56.7 cm³/mol. The number of hydrogen-bond donors (Lipinski definition) is 1. The second-order valence-corrected chi connectivity index (χ2v) is 5.93. The highest BCUT2D eigenvalue weighted by atomic mass is 32.2. The summed E-state index contributed by atoms with van der Waals surface area (Å²) in [6.07, 6.45) is 2.81. The molecule has 0 unspecified atom stereocenters. The van der Waals surface area contributed by atoms with Gasteiger partial charge in [0.2, 0.25) is 5.91 Å². The number of aliphatic carboxylic acids is 1. The van der Waals surface area contributed by atoms with E-state index in [-0.39, 0.29) is 0 Å². The van der Waals surface area contributed by atoms with E-state index in [1.165, 1.54) is 4.90 Å². The zero-order valence-corrected chi connectivity index (χ0v) is 9.70. The molecule has 1 N–H and O–H groups in total. The Morgan fingerprint density at radius 1 is 1.06 bits per heavy atom. The number of carbonyl (C=O) groups is 2. The van der Waals surface area contributed by atoms with Gasteiger partial charge in [-0.05, 0) is 19.3 Å². The molecule has 1 aliphatic heterocycles. The van der Waals surface area contributed by atoms with Crippen molar-refractivity contribution in [3.8, 4) is 0 Å². The van der Waals surface area contributed by atoms with Crippen molar-refractivity contribution in [3.05, 3.63) is 0 Å². The maximum Gasteiger partial charge on any atom is 0.318 e. The van der Waals surface area contributed by atoms with Crippen LogP contribution in [0.1, 0.15) is 19.3 Å². The minimum Gasteiger partial charge on any atom is -0.480 e. The number of amides is 1. The number of hydrogen-bond acceptors (Lipinski definition) is 4. The van der Waals surface area contributed by atoms with Gasteiger partial charge in [-0.15, -0.1) is 0 Å². The van der Waals surface area contributed by atoms with Gasteiger partial charge in [0.15, 0.2) is 9.84 Å². The fourth-order valence-electron chi connectivity index (χ4n) is 1.66. The van der Waals surface area contributed by atoms with Gasteiger partial charge in [-0.1, -0.05) is 0 Å². The number of piperidine rings is 1. The Hall–Kier alpha value is -1.11. The molecule has 92 valence electrons. The lowest BCUT2D eigenvalue weighted by atomic mass is 10.1. The smallest absolute Gasteiger partial charge is 0.318 e. The molecule has 0 aromatic heterocycles. The number of nitrogens with zero attached hydrogens (tertiary/aromatic N) is 1. The van der Waals surface area contributed by atoms with Crippen LogP contribution in [0.25, 0.3) is 0 Å². The third-order valence-corrected chi connectivity index (χ3v) is 3.77. The van der Waals surface area contributed by atoms with Crippen LogP contribution in [0.2, 0.25) is 0 Å². The average Bonchev–Trinajstić information content (AvgIpc) is 2.16. The van der Waals surface area contributed by atoms with Crippen molar-refractivity contribution in [3.63, 3.8) is 0 Å². The van der Waals surface area contributed by atoms with E-state index < -0.39 is 33.2 Å². The number of carboxylic acid groups (broad SMARTS) is 1. The molecule has 1 rings (SSSR count). The second-order valence-electron chi connectivity index (χ2n) is 3.87. The third kappa shape index (κ3) is 4.18. The molecule has 0 bridgehead atoms. The number of carbonyl (C=O) groups excluding carboxylic acids is 1. The van der Waals surface area contributed by atoms with E-state index in [0.717, 1.165) is 19.3 Å². The summed E-state index contributed by atoms with van der Waals surface area (Å²) in [6.45, 7) is 1.14. The van der Waals surface area contributed by atoms with E-state index in [2.05, 4.69) is 0 Å². The highest BCUT2D eigenvalue weighted by molar-refractivity contribution is 7.92. The molecule has 16 heavy (non-hydrogen) atoms. The third-order valence-electron chi connectivity index (χ3n) is 2.40. The molecule has 1 aliphatic rings. The van der Waals surface area contributed by atoms with Crippen LogP contribution < -0.4 is 0 Å². The molecule has 0 aliphatic carbocycles. The average molecular weight is 249 g/mol. The van der Waals surface area contributed by atoms with Gasteiger partial charge in [-0.25, -0.2) is 8.42 Å². The summed E-state index contributed by atoms with van der Waals surface area (Å²) in [6, 6.07) is 0. The largest absolute Gasteiger partial charge is 0.480 e. The van der Waals surface area contributed by atoms with Gasteiger partial charge in [0.05, 0.1) is 0 Å². The topological polar surface area (TPSA) is 91.7 Å². The summed E-state index contributed by atoms with van der Waals surface area (Å²) in [5, 5.41) is 8.37. The van der Waals surface area contributed by atoms with Crippen molar-refractivity contribution in [2.24, 2.45) is 0 Å². The minimum absolute atomic E-state index is 0.485. The van der Waals surface area contributed by atoms with E-state index in [0.29, 0.717) is 13.1 Å². The molecule has 6 nitrogen and oxygen atoms in total. The molecule has 1 saturated heterocycles. The summed E-state index contributed by atoms with van der Waals surface area (Å²) >= 11 is 0. The molecule has 1 fully saturated rings. The lowest BCUT2D eigenvalue weighted by Crippen LogP contribution is -2.40. The SMILES string of the molecule is O=C(O)CS(=O)(=O)CC(=O)N1CCCCC1. The second kappa shape index (κ2) is 5.29. The van der Waals surface area contributed by atoms with Gasteiger partial charge in [0.1, 0.15) is 11.5 Å². The Balaban J connectivity index is 2.52. The van der Waals surface area contributed by atoms with Crippen molar-refractivity contribution < 1.29 is 23.1 Å². The molecule has 1 amide bonds. The van der Waals surface area contributed by atoms with Gasteiger partial charge in [0, 0.05) is 13.1 Å². The quantitative estimate of drug-likeness (QED) is 0.725. The Bertz CT molecular complexity index is 369. The van der Waals surface area contributed by atoms with Crippen LogP contribution in [0.15, 0.2) is 0 Å². The summed E-state index contributed by atoms with van der Waals surface area (Å²) in [5.74, 6) is -3.58. The molecule has 0 atom stereocenters. The van der Waals surface area contributed by atoms with Crippen molar-refractivity contribution in [1.82, 2.24) is 4.90 Å². The van der Waals surface area contributed by atoms with Crippen LogP contribution in [-0.4, -0.2) is 54.9 Å². The van der Waals surface area contributed by atoms with Crippen LogP contribution in [0.5, 0.6) is 0 Å². The van der Waals surface area contributed by atoms with Crippen LogP contribution >= 0.6 is 0 Å². The number of carboxylic acids is 1. The number of likely N-dealkylation sites (tertiary alicyclic amines) is 1. The number of rotatable bonds is 4. The van der Waals surface area contributed by atoms with Gasteiger partial charge < -0.3 is 10.0 Å². The fraction of sp³-hybridized carbons (Fsp3) is 0.778. The van der Waals surface area contributed by atoms with E-state index >= 15 is 0 Å². The first-order valence-corrected chi connectivity index (χ1v) is 6.93. The summed E-state index contributed by atoms with van der Waals surface area (Å²) < 4.78 is 22.5.